The van der Waals surface area contributed by atoms with Crippen molar-refractivity contribution in [1.29, 1.82) is 0 Å². The molecule has 3 heterocycles. The molecule has 0 radical (unpaired) electrons. The second-order valence-corrected chi connectivity index (χ2v) is 7.37. The Balaban J connectivity index is 1.49. The molecule has 0 saturated carbocycles. The number of amides is 1. The van der Waals surface area contributed by atoms with E-state index in [0.29, 0.717) is 6.07 Å². The molecule has 10 heteroatoms. The maximum atomic E-state index is 14.0. The van der Waals surface area contributed by atoms with Crippen molar-refractivity contribution in [3.8, 4) is 5.75 Å². The van der Waals surface area contributed by atoms with Gasteiger partial charge in [0, 0.05) is 18.6 Å². The Morgan fingerprint density at radius 1 is 1.45 bits per heavy atom. The van der Waals surface area contributed by atoms with Gasteiger partial charge in [0.1, 0.15) is 42.0 Å². The summed E-state index contributed by atoms with van der Waals surface area (Å²) in [7, 11) is 0. The van der Waals surface area contributed by atoms with Crippen LogP contribution in [0.25, 0.3) is 0 Å². The topological polar surface area (TPSA) is 101 Å². The van der Waals surface area contributed by atoms with Gasteiger partial charge < -0.3 is 20.5 Å². The number of nitrogens with one attached hydrogen (secondary N) is 2. The number of aliphatic hydroxyl groups is 1. The lowest BCUT2D eigenvalue weighted by Gasteiger charge is -2.22. The predicted molar refractivity (Wildman–Crippen MR) is 99.6 cm³/mol. The highest BCUT2D eigenvalue weighted by Crippen LogP contribution is 2.32. The van der Waals surface area contributed by atoms with Gasteiger partial charge in [-0.05, 0) is 19.3 Å². The summed E-state index contributed by atoms with van der Waals surface area (Å²) < 4.78 is 34.6. The fourth-order valence-electron chi connectivity index (χ4n) is 3.81. The maximum absolute atomic E-state index is 14.0. The number of benzene rings is 1. The van der Waals surface area contributed by atoms with Crippen molar-refractivity contribution in [3.63, 3.8) is 0 Å². The van der Waals surface area contributed by atoms with Crippen LogP contribution >= 0.6 is 0 Å². The van der Waals surface area contributed by atoms with Crippen molar-refractivity contribution < 1.29 is 23.4 Å². The molecule has 0 bridgehead atoms. The van der Waals surface area contributed by atoms with Crippen molar-refractivity contribution in [1.82, 2.24) is 20.1 Å². The van der Waals surface area contributed by atoms with E-state index in [1.54, 1.807) is 0 Å². The van der Waals surface area contributed by atoms with Gasteiger partial charge in [0.15, 0.2) is 5.82 Å². The molecule has 29 heavy (non-hydrogen) atoms. The van der Waals surface area contributed by atoms with E-state index < -0.39 is 29.8 Å². The molecule has 4 rings (SSSR count). The van der Waals surface area contributed by atoms with E-state index in [0.717, 1.165) is 44.0 Å². The minimum absolute atomic E-state index is 0.0224. The van der Waals surface area contributed by atoms with E-state index in [9.17, 15) is 18.7 Å². The quantitative estimate of drug-likeness (QED) is 0.718. The number of carbonyl (C=O) groups is 1. The van der Waals surface area contributed by atoms with Crippen LogP contribution in [0.2, 0.25) is 0 Å². The molecular weight excluding hydrogens is 384 g/mol. The highest BCUT2D eigenvalue weighted by molar-refractivity contribution is 5.90. The number of aromatic nitrogens is 3. The molecule has 0 saturated heterocycles. The first-order valence-corrected chi connectivity index (χ1v) is 9.79. The largest absolute Gasteiger partial charge is 0.489 e. The van der Waals surface area contributed by atoms with E-state index in [-0.39, 0.29) is 29.9 Å². The molecule has 0 aliphatic carbocycles. The van der Waals surface area contributed by atoms with Crippen LogP contribution in [0.5, 0.6) is 5.75 Å². The molecule has 2 aliphatic rings. The summed E-state index contributed by atoms with van der Waals surface area (Å²) in [5.74, 6) is -1.52. The van der Waals surface area contributed by atoms with Crippen LogP contribution in [0.3, 0.4) is 0 Å². The Kier molecular flexibility index (Phi) is 5.35. The highest BCUT2D eigenvalue weighted by Gasteiger charge is 2.31. The standard InChI is InChI=1S/C19H23F2N5O3/c1-2-4-11-5-3-6-15-23-17(25-26(11)15)19(28)22-13-9-29-14-8-10(20)7-12(21)16(14)24-18(13)27/h7-8,11,13,18,24,27H,2-6,9H2,1H3,(H,22,28)/t11-,13-,18?/m0/s1. The van der Waals surface area contributed by atoms with Gasteiger partial charge in [-0.25, -0.2) is 18.4 Å². The van der Waals surface area contributed by atoms with Gasteiger partial charge >= 0.3 is 0 Å². The number of rotatable bonds is 4. The Morgan fingerprint density at radius 3 is 3.07 bits per heavy atom. The highest BCUT2D eigenvalue weighted by atomic mass is 19.1. The molecule has 1 unspecified atom stereocenters. The smallest absolute Gasteiger partial charge is 0.291 e. The zero-order valence-electron chi connectivity index (χ0n) is 16.0. The molecular formula is C19H23F2N5O3. The summed E-state index contributed by atoms with van der Waals surface area (Å²) in [6, 6.07) is 1.02. The number of ether oxygens (including phenoxy) is 1. The first-order chi connectivity index (χ1) is 14.0. The zero-order valence-corrected chi connectivity index (χ0v) is 16.0. The minimum atomic E-state index is -1.34. The summed E-state index contributed by atoms with van der Waals surface area (Å²) in [6.07, 6.45) is 3.41. The van der Waals surface area contributed by atoms with Gasteiger partial charge in [-0.1, -0.05) is 13.3 Å². The lowest BCUT2D eigenvalue weighted by molar-refractivity contribution is 0.0809. The van der Waals surface area contributed by atoms with Gasteiger partial charge in [-0.3, -0.25) is 4.79 Å². The SMILES string of the molecule is CCC[C@H]1CCCc2nc(C(=O)N[C@H]3COc4cc(F)cc(F)c4NC3O)nn21. The molecule has 1 aromatic heterocycles. The fourth-order valence-corrected chi connectivity index (χ4v) is 3.81. The van der Waals surface area contributed by atoms with E-state index in [1.807, 2.05) is 4.68 Å². The Hall–Kier alpha value is -2.75. The summed E-state index contributed by atoms with van der Waals surface area (Å²) in [4.78, 5) is 17.0. The summed E-state index contributed by atoms with van der Waals surface area (Å²) in [6.45, 7) is 1.92. The summed E-state index contributed by atoms with van der Waals surface area (Å²) in [5, 5.41) is 19.9. The normalized spacial score (nSPS) is 23.2. The second kappa shape index (κ2) is 7.94. The Bertz CT molecular complexity index is 919. The summed E-state index contributed by atoms with van der Waals surface area (Å²) >= 11 is 0. The summed E-state index contributed by atoms with van der Waals surface area (Å²) in [5.41, 5.74) is -0.159. The number of aliphatic hydroxyl groups excluding tert-OH is 1. The number of hydrogen-bond donors (Lipinski definition) is 3. The molecule has 0 spiro atoms. The van der Waals surface area contributed by atoms with E-state index in [4.69, 9.17) is 4.74 Å². The molecule has 156 valence electrons. The van der Waals surface area contributed by atoms with Crippen LogP contribution in [-0.4, -0.2) is 44.7 Å². The monoisotopic (exact) mass is 407 g/mol. The number of hydrogen-bond acceptors (Lipinski definition) is 6. The van der Waals surface area contributed by atoms with Crippen LogP contribution in [0.4, 0.5) is 14.5 Å². The fraction of sp³-hybridized carbons (Fsp3) is 0.526. The molecule has 1 amide bonds. The number of carbonyl (C=O) groups excluding carboxylic acids is 1. The third kappa shape index (κ3) is 3.89. The number of halogens is 2. The second-order valence-electron chi connectivity index (χ2n) is 7.37. The average molecular weight is 407 g/mol. The van der Waals surface area contributed by atoms with E-state index >= 15 is 0 Å². The van der Waals surface area contributed by atoms with Gasteiger partial charge in [0.2, 0.25) is 5.82 Å². The minimum Gasteiger partial charge on any atom is -0.489 e. The zero-order chi connectivity index (χ0) is 20.5. The van der Waals surface area contributed by atoms with Crippen LogP contribution in [-0.2, 0) is 6.42 Å². The molecule has 2 aromatic rings. The number of anilines is 1. The number of nitrogens with zero attached hydrogens (tertiary/aromatic N) is 3. The first-order valence-electron chi connectivity index (χ1n) is 9.79. The third-order valence-electron chi connectivity index (χ3n) is 5.24. The van der Waals surface area contributed by atoms with Crippen LogP contribution in [0.15, 0.2) is 12.1 Å². The maximum Gasteiger partial charge on any atom is 0.291 e. The lowest BCUT2D eigenvalue weighted by Crippen LogP contribution is -2.49. The Labute approximate surface area is 166 Å². The van der Waals surface area contributed by atoms with E-state index in [1.165, 1.54) is 0 Å². The molecule has 3 N–H and O–H groups in total. The molecule has 3 atom stereocenters. The van der Waals surface area contributed by atoms with Crippen molar-refractivity contribution >= 4 is 11.6 Å². The van der Waals surface area contributed by atoms with Crippen LogP contribution < -0.4 is 15.4 Å². The van der Waals surface area contributed by atoms with Crippen molar-refractivity contribution in [2.45, 2.75) is 57.3 Å². The lowest BCUT2D eigenvalue weighted by atomic mass is 10.0. The Morgan fingerprint density at radius 2 is 2.28 bits per heavy atom. The average Bonchev–Trinajstić information content (AvgIpc) is 3.06. The first kappa shape index (κ1) is 19.6. The number of fused-ring (bicyclic) bond motifs is 2. The predicted octanol–water partition coefficient (Wildman–Crippen LogP) is 2.16. The molecule has 1 aromatic carbocycles. The van der Waals surface area contributed by atoms with Gasteiger partial charge in [-0.15, -0.1) is 5.10 Å². The van der Waals surface area contributed by atoms with Crippen molar-refractivity contribution in [2.24, 2.45) is 0 Å². The third-order valence-corrected chi connectivity index (χ3v) is 5.24. The van der Waals surface area contributed by atoms with Gasteiger partial charge in [-0.2, -0.15) is 0 Å². The van der Waals surface area contributed by atoms with E-state index in [2.05, 4.69) is 27.6 Å². The molecule has 0 fully saturated rings. The molecule has 2 aliphatic heterocycles. The van der Waals surface area contributed by atoms with Gasteiger partial charge in [0.05, 0.1) is 6.04 Å². The van der Waals surface area contributed by atoms with Crippen molar-refractivity contribution in [2.75, 3.05) is 11.9 Å². The molecule has 8 nitrogen and oxygen atoms in total. The van der Waals surface area contributed by atoms with Crippen molar-refractivity contribution in [3.05, 3.63) is 35.4 Å². The van der Waals surface area contributed by atoms with Crippen LogP contribution in [0.1, 0.15) is 55.1 Å². The number of aryl methyl sites for hydroxylation is 1. The van der Waals surface area contributed by atoms with Gasteiger partial charge in [0.25, 0.3) is 5.91 Å². The van der Waals surface area contributed by atoms with Crippen LogP contribution in [0, 0.1) is 11.6 Å².